The Hall–Kier alpha value is -2.75. The summed E-state index contributed by atoms with van der Waals surface area (Å²) in [6, 6.07) is 10.4. The van der Waals surface area contributed by atoms with Crippen LogP contribution in [0.5, 0.6) is 17.2 Å². The van der Waals surface area contributed by atoms with E-state index in [0.717, 1.165) is 11.1 Å². The maximum Gasteiger partial charge on any atom is 0.231 e. The molecule has 0 amide bonds. The second-order valence-corrected chi connectivity index (χ2v) is 5.10. The average molecular weight is 296 g/mol. The van der Waals surface area contributed by atoms with E-state index >= 15 is 0 Å². The van der Waals surface area contributed by atoms with E-state index in [1.54, 1.807) is 24.3 Å². The molecule has 2 aromatic rings. The molecule has 0 saturated carbocycles. The molecule has 0 unspecified atom stereocenters. The van der Waals surface area contributed by atoms with Crippen LogP contribution in [-0.2, 0) is 0 Å². The van der Waals surface area contributed by atoms with Crippen molar-refractivity contribution < 1.29 is 19.4 Å². The molecule has 0 atom stereocenters. The summed E-state index contributed by atoms with van der Waals surface area (Å²) in [5.74, 6) is 1.17. The topological polar surface area (TPSA) is 55.8 Å². The molecule has 4 nitrogen and oxygen atoms in total. The lowest BCUT2D eigenvalue weighted by Crippen LogP contribution is -1.98. The molecule has 0 spiro atoms. The van der Waals surface area contributed by atoms with Crippen LogP contribution in [0.3, 0.4) is 0 Å². The first kappa shape index (κ1) is 14.2. The number of aromatic hydroxyl groups is 1. The molecule has 0 aliphatic carbocycles. The first-order valence-corrected chi connectivity index (χ1v) is 7.09. The van der Waals surface area contributed by atoms with Gasteiger partial charge >= 0.3 is 0 Å². The normalized spacial score (nSPS) is 14.8. The Morgan fingerprint density at radius 2 is 2.05 bits per heavy atom. The third-order valence-corrected chi connectivity index (χ3v) is 3.40. The molecule has 1 N–H and O–H groups in total. The Labute approximate surface area is 128 Å². The first-order valence-electron chi connectivity index (χ1n) is 7.09. The number of carbonyl (C=O) groups excluding carboxylic acids is 1. The highest BCUT2D eigenvalue weighted by Gasteiger charge is 2.27. The van der Waals surface area contributed by atoms with Gasteiger partial charge in [-0.3, -0.25) is 4.79 Å². The van der Waals surface area contributed by atoms with Gasteiger partial charge in [0.2, 0.25) is 5.78 Å². The van der Waals surface area contributed by atoms with Crippen LogP contribution in [0, 0.1) is 6.92 Å². The standard InChI is InChI=1S/C18H16O4/c1-3-21-16-9-12(5-6-14(16)19)10-17-18(20)13-8-11(2)4-7-15(13)22-17/h4-10,19H,3H2,1-2H3/b17-10-. The zero-order chi connectivity index (χ0) is 15.7. The Balaban J connectivity index is 1.94. The number of aryl methyl sites for hydroxylation is 1. The lowest BCUT2D eigenvalue weighted by molar-refractivity contribution is 0.101. The van der Waals surface area contributed by atoms with Crippen molar-refractivity contribution in [2.24, 2.45) is 0 Å². The Bertz CT molecular complexity index is 775. The van der Waals surface area contributed by atoms with Gasteiger partial charge in [0.25, 0.3) is 0 Å². The smallest absolute Gasteiger partial charge is 0.231 e. The van der Waals surface area contributed by atoms with Gasteiger partial charge in [-0.05, 0) is 49.8 Å². The van der Waals surface area contributed by atoms with Crippen LogP contribution < -0.4 is 9.47 Å². The maximum atomic E-state index is 12.4. The molecule has 2 aromatic carbocycles. The van der Waals surface area contributed by atoms with Crippen molar-refractivity contribution in [1.29, 1.82) is 0 Å². The van der Waals surface area contributed by atoms with Crippen molar-refractivity contribution in [3.63, 3.8) is 0 Å². The number of phenols is 1. The summed E-state index contributed by atoms with van der Waals surface area (Å²) in [6.07, 6.45) is 1.65. The van der Waals surface area contributed by atoms with Crippen molar-refractivity contribution in [2.45, 2.75) is 13.8 Å². The van der Waals surface area contributed by atoms with Gasteiger partial charge in [-0.25, -0.2) is 0 Å². The summed E-state index contributed by atoms with van der Waals surface area (Å²) in [5, 5.41) is 9.71. The summed E-state index contributed by atoms with van der Waals surface area (Å²) in [4.78, 5) is 12.4. The summed E-state index contributed by atoms with van der Waals surface area (Å²) >= 11 is 0. The molecule has 22 heavy (non-hydrogen) atoms. The molecule has 1 heterocycles. The zero-order valence-electron chi connectivity index (χ0n) is 12.4. The van der Waals surface area contributed by atoms with Crippen molar-refractivity contribution in [3.05, 3.63) is 58.8 Å². The van der Waals surface area contributed by atoms with Gasteiger partial charge in [-0.1, -0.05) is 17.7 Å². The number of phenolic OH excluding ortho intramolecular Hbond substituents is 1. The van der Waals surface area contributed by atoms with E-state index in [0.29, 0.717) is 23.7 Å². The molecule has 0 fully saturated rings. The maximum absolute atomic E-state index is 12.4. The Kier molecular flexibility index (Phi) is 3.59. The van der Waals surface area contributed by atoms with Crippen molar-refractivity contribution >= 4 is 11.9 Å². The minimum atomic E-state index is -0.135. The van der Waals surface area contributed by atoms with E-state index in [9.17, 15) is 9.90 Å². The van der Waals surface area contributed by atoms with E-state index in [1.165, 1.54) is 6.07 Å². The van der Waals surface area contributed by atoms with Crippen molar-refractivity contribution in [2.75, 3.05) is 6.61 Å². The van der Waals surface area contributed by atoms with E-state index in [-0.39, 0.29) is 17.3 Å². The number of fused-ring (bicyclic) bond motifs is 1. The highest BCUT2D eigenvalue weighted by atomic mass is 16.5. The monoisotopic (exact) mass is 296 g/mol. The van der Waals surface area contributed by atoms with Crippen LogP contribution in [0.4, 0.5) is 0 Å². The summed E-state index contributed by atoms with van der Waals surface area (Å²) in [5.41, 5.74) is 2.32. The lowest BCUT2D eigenvalue weighted by Gasteiger charge is -2.06. The van der Waals surface area contributed by atoms with Crippen LogP contribution in [0.2, 0.25) is 0 Å². The summed E-state index contributed by atoms with van der Waals surface area (Å²) in [6.45, 7) is 4.23. The number of allylic oxidation sites excluding steroid dienone is 1. The van der Waals surface area contributed by atoms with Crippen molar-refractivity contribution in [1.82, 2.24) is 0 Å². The highest BCUT2D eigenvalue weighted by molar-refractivity contribution is 6.14. The minimum absolute atomic E-state index is 0.0709. The largest absolute Gasteiger partial charge is 0.504 e. The fourth-order valence-electron chi connectivity index (χ4n) is 2.35. The van der Waals surface area contributed by atoms with Crippen LogP contribution >= 0.6 is 0 Å². The third kappa shape index (κ3) is 2.55. The molecule has 4 heteroatoms. The molecule has 1 aliphatic rings. The molecule has 0 radical (unpaired) electrons. The number of ether oxygens (including phenoxy) is 2. The number of Topliss-reactive ketones (excluding diaryl/α,β-unsaturated/α-hetero) is 1. The Morgan fingerprint density at radius 1 is 1.23 bits per heavy atom. The first-order chi connectivity index (χ1) is 10.6. The van der Waals surface area contributed by atoms with Crippen LogP contribution in [0.1, 0.15) is 28.4 Å². The second kappa shape index (κ2) is 5.56. The van der Waals surface area contributed by atoms with Gasteiger partial charge in [0.05, 0.1) is 12.2 Å². The van der Waals surface area contributed by atoms with Crippen LogP contribution in [0.25, 0.3) is 6.08 Å². The number of hydrogen-bond donors (Lipinski definition) is 1. The predicted octanol–water partition coefficient (Wildman–Crippen LogP) is 3.72. The molecular formula is C18H16O4. The fraction of sp³-hybridized carbons (Fsp3) is 0.167. The molecule has 0 aromatic heterocycles. The quantitative estimate of drug-likeness (QED) is 0.877. The molecule has 3 rings (SSSR count). The molecular weight excluding hydrogens is 280 g/mol. The van der Waals surface area contributed by atoms with E-state index in [1.807, 2.05) is 26.0 Å². The van der Waals surface area contributed by atoms with E-state index in [2.05, 4.69) is 0 Å². The van der Waals surface area contributed by atoms with Gasteiger partial charge in [-0.15, -0.1) is 0 Å². The van der Waals surface area contributed by atoms with Crippen LogP contribution in [-0.4, -0.2) is 17.5 Å². The SMILES string of the molecule is CCOc1cc(/C=C2\Oc3ccc(C)cc3C2=O)ccc1O. The van der Waals surface area contributed by atoms with Gasteiger partial charge in [-0.2, -0.15) is 0 Å². The van der Waals surface area contributed by atoms with Gasteiger partial charge in [0, 0.05) is 0 Å². The second-order valence-electron chi connectivity index (χ2n) is 5.10. The molecule has 112 valence electrons. The number of carbonyl (C=O) groups is 1. The molecule has 0 bridgehead atoms. The Morgan fingerprint density at radius 3 is 2.82 bits per heavy atom. The summed E-state index contributed by atoms with van der Waals surface area (Å²) < 4.78 is 11.0. The van der Waals surface area contributed by atoms with Gasteiger partial charge < -0.3 is 14.6 Å². The van der Waals surface area contributed by atoms with E-state index in [4.69, 9.17) is 9.47 Å². The number of rotatable bonds is 3. The fourth-order valence-corrected chi connectivity index (χ4v) is 2.35. The average Bonchev–Trinajstić information content (AvgIpc) is 2.79. The van der Waals surface area contributed by atoms with Crippen LogP contribution in [0.15, 0.2) is 42.2 Å². The van der Waals surface area contributed by atoms with Gasteiger partial charge in [0.1, 0.15) is 5.75 Å². The zero-order valence-corrected chi connectivity index (χ0v) is 12.4. The van der Waals surface area contributed by atoms with E-state index < -0.39 is 0 Å². The number of benzene rings is 2. The number of hydrogen-bond acceptors (Lipinski definition) is 4. The summed E-state index contributed by atoms with van der Waals surface area (Å²) in [7, 11) is 0. The highest BCUT2D eigenvalue weighted by Crippen LogP contribution is 2.33. The molecule has 0 saturated heterocycles. The molecule has 1 aliphatic heterocycles. The lowest BCUT2D eigenvalue weighted by atomic mass is 10.1. The van der Waals surface area contributed by atoms with Gasteiger partial charge in [0.15, 0.2) is 17.3 Å². The third-order valence-electron chi connectivity index (χ3n) is 3.40. The number of ketones is 1. The van der Waals surface area contributed by atoms with Crippen molar-refractivity contribution in [3.8, 4) is 17.2 Å². The minimum Gasteiger partial charge on any atom is -0.504 e. The predicted molar refractivity (Wildman–Crippen MR) is 83.4 cm³/mol.